The first kappa shape index (κ1) is 8.85. The van der Waals surface area contributed by atoms with Gasteiger partial charge in [0.05, 0.1) is 0 Å². The third kappa shape index (κ3) is 2.42. The molecule has 1 aromatic rings. The lowest BCUT2D eigenvalue weighted by atomic mass is 10.5. The fourth-order valence-corrected chi connectivity index (χ4v) is 0.705. The van der Waals surface area contributed by atoms with Gasteiger partial charge in [-0.15, -0.1) is 0 Å². The lowest BCUT2D eigenvalue weighted by Gasteiger charge is -1.86. The minimum Gasteiger partial charge on any atom is -0.870 e. The molecular weight excluding hydrogens is 126 g/mol. The van der Waals surface area contributed by atoms with Gasteiger partial charge in [0.15, 0.2) is 18.9 Å². The maximum absolute atomic E-state index is 3.64. The summed E-state index contributed by atoms with van der Waals surface area (Å²) < 4.78 is 2.06. The molecule has 0 saturated carbocycles. The van der Waals surface area contributed by atoms with Gasteiger partial charge >= 0.3 is 0 Å². The molecule has 0 spiro atoms. The molecule has 2 heteroatoms. The molecule has 0 radical (unpaired) electrons. The molecule has 0 aliphatic carbocycles. The van der Waals surface area contributed by atoms with Crippen molar-refractivity contribution in [2.45, 2.75) is 6.54 Å². The highest BCUT2D eigenvalue weighted by Gasteiger charge is 1.88. The number of hydrogen-bond acceptors (Lipinski definition) is 1. The lowest BCUT2D eigenvalue weighted by Crippen LogP contribution is -2.30. The molecule has 0 fully saturated rings. The van der Waals surface area contributed by atoms with E-state index < -0.39 is 0 Å². The molecule has 54 valence electrons. The van der Waals surface area contributed by atoms with Crippen LogP contribution in [0, 0.1) is 0 Å². The third-order valence-electron chi connectivity index (χ3n) is 1.12. The molecule has 1 aromatic heterocycles. The van der Waals surface area contributed by atoms with Crippen molar-refractivity contribution in [1.29, 1.82) is 0 Å². The molecule has 10 heavy (non-hydrogen) atoms. The zero-order valence-electron chi connectivity index (χ0n) is 5.77. The Morgan fingerprint density at radius 3 is 2.30 bits per heavy atom. The lowest BCUT2D eigenvalue weighted by molar-refractivity contribution is -0.687. The van der Waals surface area contributed by atoms with Crippen molar-refractivity contribution in [1.82, 2.24) is 0 Å². The van der Waals surface area contributed by atoms with E-state index in [1.807, 2.05) is 36.7 Å². The summed E-state index contributed by atoms with van der Waals surface area (Å²) in [5, 5.41) is 0. The van der Waals surface area contributed by atoms with Crippen LogP contribution in [-0.4, -0.2) is 5.48 Å². The second kappa shape index (κ2) is 4.70. The molecule has 1 N–H and O–H groups in total. The fraction of sp³-hybridized carbons (Fsp3) is 0.125. The van der Waals surface area contributed by atoms with Crippen LogP contribution in [0.1, 0.15) is 0 Å². The Morgan fingerprint density at radius 2 is 1.80 bits per heavy atom. The van der Waals surface area contributed by atoms with Crippen LogP contribution in [0.3, 0.4) is 0 Å². The zero-order chi connectivity index (χ0) is 6.53. The maximum atomic E-state index is 3.64. The predicted molar refractivity (Wildman–Crippen MR) is 38.8 cm³/mol. The molecule has 1 heterocycles. The summed E-state index contributed by atoms with van der Waals surface area (Å²) in [6.07, 6.45) is 5.91. The molecule has 2 nitrogen and oxygen atoms in total. The number of aromatic nitrogens is 1. The van der Waals surface area contributed by atoms with E-state index in [9.17, 15) is 0 Å². The van der Waals surface area contributed by atoms with Gasteiger partial charge in [-0.25, -0.2) is 4.57 Å². The van der Waals surface area contributed by atoms with Crippen molar-refractivity contribution < 1.29 is 10.0 Å². The topological polar surface area (TPSA) is 33.9 Å². The van der Waals surface area contributed by atoms with E-state index in [-0.39, 0.29) is 5.48 Å². The van der Waals surface area contributed by atoms with Crippen LogP contribution in [0.5, 0.6) is 0 Å². The van der Waals surface area contributed by atoms with Crippen LogP contribution >= 0.6 is 0 Å². The highest BCUT2D eigenvalue weighted by atomic mass is 16.0. The van der Waals surface area contributed by atoms with Gasteiger partial charge < -0.3 is 5.48 Å². The standard InChI is InChI=1S/C8H10N.H2O/c1-2-6-9-7-4-3-5-8-9;/h2-5,7-8H,1,6H2;1H2/q+1;/p-1. The van der Waals surface area contributed by atoms with Gasteiger partial charge in [0.25, 0.3) is 0 Å². The van der Waals surface area contributed by atoms with Crippen LogP contribution in [0.2, 0.25) is 0 Å². The van der Waals surface area contributed by atoms with E-state index in [0.717, 1.165) is 6.54 Å². The number of allylic oxidation sites excluding steroid dienone is 1. The molecule has 0 aliphatic rings. The molecule has 0 aromatic carbocycles. The summed E-state index contributed by atoms with van der Waals surface area (Å²) in [7, 11) is 0. The summed E-state index contributed by atoms with van der Waals surface area (Å²) in [6.45, 7) is 4.52. The summed E-state index contributed by atoms with van der Waals surface area (Å²) in [5.41, 5.74) is 0. The highest BCUT2D eigenvalue weighted by molar-refractivity contribution is 4.83. The minimum absolute atomic E-state index is 0. The zero-order valence-corrected chi connectivity index (χ0v) is 5.77. The smallest absolute Gasteiger partial charge is 0.169 e. The van der Waals surface area contributed by atoms with Crippen molar-refractivity contribution in [2.24, 2.45) is 0 Å². The number of nitrogens with zero attached hydrogens (tertiary/aromatic N) is 1. The van der Waals surface area contributed by atoms with Crippen molar-refractivity contribution in [2.75, 3.05) is 0 Å². The van der Waals surface area contributed by atoms with E-state index in [1.165, 1.54) is 0 Å². The van der Waals surface area contributed by atoms with Crippen molar-refractivity contribution in [3.8, 4) is 0 Å². The Morgan fingerprint density at radius 1 is 1.20 bits per heavy atom. The molecule has 0 unspecified atom stereocenters. The van der Waals surface area contributed by atoms with Gasteiger partial charge in [-0.3, -0.25) is 0 Å². The van der Waals surface area contributed by atoms with Crippen LogP contribution in [0.15, 0.2) is 43.2 Å². The van der Waals surface area contributed by atoms with E-state index in [2.05, 4.69) is 11.1 Å². The Kier molecular flexibility index (Phi) is 4.16. The molecule has 0 aliphatic heterocycles. The monoisotopic (exact) mass is 137 g/mol. The predicted octanol–water partition coefficient (Wildman–Crippen LogP) is 0.983. The molecule has 0 amide bonds. The number of hydrogen-bond donors (Lipinski definition) is 0. The van der Waals surface area contributed by atoms with Gasteiger partial charge in [-0.2, -0.15) is 0 Å². The number of rotatable bonds is 2. The summed E-state index contributed by atoms with van der Waals surface area (Å²) in [5.74, 6) is 0. The van der Waals surface area contributed by atoms with E-state index in [1.54, 1.807) is 0 Å². The van der Waals surface area contributed by atoms with Gasteiger partial charge in [-0.1, -0.05) is 12.6 Å². The summed E-state index contributed by atoms with van der Waals surface area (Å²) in [6, 6.07) is 6.01. The van der Waals surface area contributed by atoms with Crippen molar-refractivity contribution >= 4 is 0 Å². The van der Waals surface area contributed by atoms with Gasteiger partial charge in [-0.05, 0) is 6.08 Å². The quantitative estimate of drug-likeness (QED) is 0.442. The molecular formula is C8H11NO. The van der Waals surface area contributed by atoms with Crippen LogP contribution in [0.25, 0.3) is 0 Å². The summed E-state index contributed by atoms with van der Waals surface area (Å²) >= 11 is 0. The third-order valence-corrected chi connectivity index (χ3v) is 1.12. The fourth-order valence-electron chi connectivity index (χ4n) is 0.705. The summed E-state index contributed by atoms with van der Waals surface area (Å²) in [4.78, 5) is 0. The molecule has 1 rings (SSSR count). The van der Waals surface area contributed by atoms with Gasteiger partial charge in [0.2, 0.25) is 0 Å². The maximum Gasteiger partial charge on any atom is 0.169 e. The average molecular weight is 137 g/mol. The van der Waals surface area contributed by atoms with Crippen LogP contribution in [-0.2, 0) is 6.54 Å². The Bertz CT molecular complexity index is 184. The second-order valence-corrected chi connectivity index (χ2v) is 1.86. The van der Waals surface area contributed by atoms with Crippen LogP contribution in [0.4, 0.5) is 0 Å². The van der Waals surface area contributed by atoms with Crippen molar-refractivity contribution in [3.05, 3.63) is 43.2 Å². The second-order valence-electron chi connectivity index (χ2n) is 1.86. The highest BCUT2D eigenvalue weighted by Crippen LogP contribution is 1.75. The first-order valence-electron chi connectivity index (χ1n) is 2.98. The van der Waals surface area contributed by atoms with Gasteiger partial charge in [0.1, 0.15) is 0 Å². The number of pyridine rings is 1. The average Bonchev–Trinajstić information content (AvgIpc) is 1.91. The Labute approximate surface area is 60.7 Å². The van der Waals surface area contributed by atoms with E-state index >= 15 is 0 Å². The van der Waals surface area contributed by atoms with E-state index in [0.29, 0.717) is 0 Å². The van der Waals surface area contributed by atoms with E-state index in [4.69, 9.17) is 0 Å². The molecule has 0 bridgehead atoms. The Hall–Kier alpha value is -1.15. The molecule has 0 atom stereocenters. The minimum atomic E-state index is 0. The Balaban J connectivity index is 0.000000810. The van der Waals surface area contributed by atoms with Crippen molar-refractivity contribution in [3.63, 3.8) is 0 Å². The normalized spacial score (nSPS) is 8.00. The SMILES string of the molecule is C=CC[n+]1ccccc1.[OH-]. The molecule has 0 saturated heterocycles. The van der Waals surface area contributed by atoms with Gasteiger partial charge in [0, 0.05) is 12.1 Å². The first-order valence-corrected chi connectivity index (χ1v) is 2.98. The van der Waals surface area contributed by atoms with Crippen LogP contribution < -0.4 is 4.57 Å². The first-order chi connectivity index (χ1) is 4.43. The largest absolute Gasteiger partial charge is 0.870 e.